The van der Waals surface area contributed by atoms with E-state index >= 15 is 0 Å². The number of hydrogen-bond acceptors (Lipinski definition) is 8. The van der Waals surface area contributed by atoms with Crippen LogP contribution in [0.5, 0.6) is 0 Å². The highest BCUT2D eigenvalue weighted by Crippen LogP contribution is 2.49. The normalized spacial score (nSPS) is 23.4. The molecule has 11 heteroatoms. The molecule has 0 bridgehead atoms. The first-order chi connectivity index (χ1) is 14.4. The lowest BCUT2D eigenvalue weighted by atomic mass is 9.70. The largest absolute Gasteiger partial charge is 0.472 e. The Balaban J connectivity index is 1.45. The minimum Gasteiger partial charge on any atom is -0.396 e. The number of aliphatic hydroxyl groups is 1. The highest BCUT2D eigenvalue weighted by atomic mass is 31.2. The van der Waals surface area contributed by atoms with Gasteiger partial charge < -0.3 is 20.3 Å². The number of nitrogen functional groups attached to an aromatic ring is 1. The lowest BCUT2D eigenvalue weighted by molar-refractivity contribution is -0.00810. The predicted octanol–water partition coefficient (Wildman–Crippen LogP) is 3.07. The Hall–Kier alpha value is -1.58. The summed E-state index contributed by atoms with van der Waals surface area (Å²) in [6.45, 7) is 2.35. The lowest BCUT2D eigenvalue weighted by Gasteiger charge is -2.44. The minimum atomic E-state index is -4.09. The fourth-order valence-corrected chi connectivity index (χ4v) is 4.75. The van der Waals surface area contributed by atoms with E-state index < -0.39 is 7.82 Å². The standard InChI is InChI=1S/C19H32N5O5P/c1-2-3-4-5-6-7-8-28-30(26,27)29-12-14-9-17(15(14)11-25)24-13-22-16-10-21-19(20)23-18(16)24/h10,13-15,17,25H,2-9,11-12H2,1H3,(H,26,27)(H2,20,21,23)/t14-,15+,17-/m1/s1. The van der Waals surface area contributed by atoms with Gasteiger partial charge in [0.1, 0.15) is 5.52 Å². The summed E-state index contributed by atoms with van der Waals surface area (Å²) in [6.07, 6.45) is 10.3. The maximum atomic E-state index is 12.1. The van der Waals surface area contributed by atoms with E-state index in [4.69, 9.17) is 14.8 Å². The van der Waals surface area contributed by atoms with Crippen molar-refractivity contribution in [2.75, 3.05) is 25.6 Å². The van der Waals surface area contributed by atoms with E-state index in [0.29, 0.717) is 17.6 Å². The van der Waals surface area contributed by atoms with Crippen LogP contribution in [0.2, 0.25) is 0 Å². The van der Waals surface area contributed by atoms with Crippen molar-refractivity contribution < 1.29 is 23.6 Å². The average molecular weight is 441 g/mol. The van der Waals surface area contributed by atoms with Crippen LogP contribution in [0.25, 0.3) is 11.2 Å². The molecular weight excluding hydrogens is 409 g/mol. The van der Waals surface area contributed by atoms with Crippen LogP contribution in [0, 0.1) is 11.8 Å². The number of phosphoric acid groups is 1. The van der Waals surface area contributed by atoms with E-state index in [1.54, 1.807) is 12.5 Å². The maximum Gasteiger partial charge on any atom is 0.472 e. The van der Waals surface area contributed by atoms with E-state index in [2.05, 4.69) is 21.9 Å². The zero-order valence-electron chi connectivity index (χ0n) is 17.4. The van der Waals surface area contributed by atoms with Crippen LogP contribution in [-0.4, -0.2) is 49.3 Å². The number of aromatic nitrogens is 4. The molecule has 0 spiro atoms. The smallest absolute Gasteiger partial charge is 0.396 e. The number of nitrogens with zero attached hydrogens (tertiary/aromatic N) is 4. The monoisotopic (exact) mass is 441 g/mol. The summed E-state index contributed by atoms with van der Waals surface area (Å²) in [5.41, 5.74) is 6.92. The molecule has 3 rings (SSSR count). The van der Waals surface area contributed by atoms with Crippen molar-refractivity contribution in [2.24, 2.45) is 11.8 Å². The third kappa shape index (κ3) is 5.76. The molecule has 30 heavy (non-hydrogen) atoms. The minimum absolute atomic E-state index is 0.0370. The number of phosphoric ester groups is 1. The van der Waals surface area contributed by atoms with Gasteiger partial charge in [0.25, 0.3) is 0 Å². The highest BCUT2D eigenvalue weighted by molar-refractivity contribution is 7.47. The molecule has 1 unspecified atom stereocenters. The summed E-state index contributed by atoms with van der Waals surface area (Å²) in [6, 6.07) is -0.0370. The molecule has 0 amide bonds. The predicted molar refractivity (Wildman–Crippen MR) is 113 cm³/mol. The summed E-state index contributed by atoms with van der Waals surface area (Å²) in [5, 5.41) is 9.83. The summed E-state index contributed by atoms with van der Waals surface area (Å²) in [4.78, 5) is 22.3. The first kappa shape index (κ1) is 23.1. The summed E-state index contributed by atoms with van der Waals surface area (Å²) in [7, 11) is -4.09. The van der Waals surface area contributed by atoms with Gasteiger partial charge >= 0.3 is 7.82 Å². The second-order valence-electron chi connectivity index (χ2n) is 7.86. The van der Waals surface area contributed by atoms with E-state index in [-0.39, 0.29) is 43.6 Å². The highest BCUT2D eigenvalue weighted by Gasteiger charge is 2.43. The summed E-state index contributed by atoms with van der Waals surface area (Å²) in [5.74, 6) is -0.0420. The van der Waals surface area contributed by atoms with Gasteiger partial charge in [-0.1, -0.05) is 39.0 Å². The number of unbranched alkanes of at least 4 members (excludes halogenated alkanes) is 5. The maximum absolute atomic E-state index is 12.1. The number of imidazole rings is 1. The fourth-order valence-electron chi connectivity index (χ4n) is 3.93. The Morgan fingerprint density at radius 3 is 2.77 bits per heavy atom. The number of aliphatic hydroxyl groups excluding tert-OH is 1. The quantitative estimate of drug-likeness (QED) is 0.315. The molecule has 2 aromatic heterocycles. The van der Waals surface area contributed by atoms with Crippen molar-refractivity contribution in [1.29, 1.82) is 0 Å². The first-order valence-electron chi connectivity index (χ1n) is 10.6. The Labute approximate surface area is 176 Å². The van der Waals surface area contributed by atoms with Crippen molar-refractivity contribution in [3.63, 3.8) is 0 Å². The van der Waals surface area contributed by atoms with Gasteiger partial charge in [-0.25, -0.2) is 14.5 Å². The third-order valence-electron chi connectivity index (χ3n) is 5.75. The molecule has 1 aliphatic rings. The molecule has 4 N–H and O–H groups in total. The van der Waals surface area contributed by atoms with Gasteiger partial charge in [-0.05, 0) is 18.8 Å². The number of anilines is 1. The molecule has 1 saturated carbocycles. The molecule has 2 aromatic rings. The Morgan fingerprint density at radius 2 is 2.00 bits per heavy atom. The molecular formula is C19H32N5O5P. The average Bonchev–Trinajstić information content (AvgIpc) is 3.09. The van der Waals surface area contributed by atoms with Crippen LogP contribution >= 0.6 is 7.82 Å². The SMILES string of the molecule is CCCCCCCCOP(=O)(O)OC[C@H]1C[C@@H](n2cnc3cnc(N)nc32)[C@H]1CO. The van der Waals surface area contributed by atoms with Gasteiger partial charge in [-0.3, -0.25) is 9.05 Å². The number of nitrogens with two attached hydrogens (primary N) is 1. The summed E-state index contributed by atoms with van der Waals surface area (Å²) < 4.78 is 24.3. The van der Waals surface area contributed by atoms with Crippen LogP contribution in [0.3, 0.4) is 0 Å². The van der Waals surface area contributed by atoms with Crippen molar-refractivity contribution in [3.8, 4) is 0 Å². The molecule has 1 aliphatic carbocycles. The van der Waals surface area contributed by atoms with Crippen molar-refractivity contribution in [3.05, 3.63) is 12.5 Å². The van der Waals surface area contributed by atoms with Crippen LogP contribution in [0.1, 0.15) is 57.9 Å². The second kappa shape index (κ2) is 10.6. The molecule has 4 atom stereocenters. The van der Waals surface area contributed by atoms with Crippen molar-refractivity contribution >= 4 is 24.9 Å². The van der Waals surface area contributed by atoms with Crippen molar-refractivity contribution in [1.82, 2.24) is 19.5 Å². The van der Waals surface area contributed by atoms with Crippen LogP contribution in [0.15, 0.2) is 12.5 Å². The van der Waals surface area contributed by atoms with Gasteiger partial charge in [0.05, 0.1) is 25.7 Å². The molecule has 10 nitrogen and oxygen atoms in total. The van der Waals surface area contributed by atoms with Gasteiger partial charge in [0, 0.05) is 18.6 Å². The Morgan fingerprint density at radius 1 is 1.23 bits per heavy atom. The molecule has 168 valence electrons. The molecule has 0 aromatic carbocycles. The molecule has 1 fully saturated rings. The fraction of sp³-hybridized carbons (Fsp3) is 0.737. The van der Waals surface area contributed by atoms with Gasteiger partial charge in [-0.2, -0.15) is 4.98 Å². The van der Waals surface area contributed by atoms with Gasteiger partial charge in [-0.15, -0.1) is 0 Å². The molecule has 2 heterocycles. The van der Waals surface area contributed by atoms with Gasteiger partial charge in [0.2, 0.25) is 5.95 Å². The Bertz CT molecular complexity index is 863. The van der Waals surface area contributed by atoms with E-state index in [0.717, 1.165) is 19.3 Å². The van der Waals surface area contributed by atoms with Crippen LogP contribution < -0.4 is 5.73 Å². The van der Waals surface area contributed by atoms with Crippen molar-refractivity contribution in [2.45, 2.75) is 57.9 Å². The summed E-state index contributed by atoms with van der Waals surface area (Å²) >= 11 is 0. The number of fused-ring (bicyclic) bond motifs is 1. The Kier molecular flexibility index (Phi) is 8.19. The molecule has 0 saturated heterocycles. The zero-order valence-corrected chi connectivity index (χ0v) is 18.3. The number of rotatable bonds is 13. The van der Waals surface area contributed by atoms with Crippen LogP contribution in [0.4, 0.5) is 5.95 Å². The van der Waals surface area contributed by atoms with E-state index in [9.17, 15) is 14.6 Å². The van der Waals surface area contributed by atoms with E-state index in [1.165, 1.54) is 19.3 Å². The number of hydrogen-bond donors (Lipinski definition) is 3. The van der Waals surface area contributed by atoms with Gasteiger partial charge in [0.15, 0.2) is 5.65 Å². The lowest BCUT2D eigenvalue weighted by Crippen LogP contribution is -2.42. The molecule has 0 aliphatic heterocycles. The molecule has 0 radical (unpaired) electrons. The second-order valence-corrected chi connectivity index (χ2v) is 9.32. The topological polar surface area (TPSA) is 146 Å². The third-order valence-corrected chi connectivity index (χ3v) is 6.73. The van der Waals surface area contributed by atoms with Crippen LogP contribution in [-0.2, 0) is 13.6 Å². The first-order valence-corrected chi connectivity index (χ1v) is 12.1. The zero-order chi connectivity index (χ0) is 21.6. The van der Waals surface area contributed by atoms with E-state index in [1.807, 2.05) is 4.57 Å².